The Bertz CT molecular complexity index is 873. The summed E-state index contributed by atoms with van der Waals surface area (Å²) in [4.78, 5) is 15.5. The summed E-state index contributed by atoms with van der Waals surface area (Å²) in [7, 11) is 0. The molecule has 0 spiro atoms. The highest BCUT2D eigenvalue weighted by Gasteiger charge is 2.39. The van der Waals surface area contributed by atoms with Gasteiger partial charge in [0.05, 0.1) is 10.6 Å². The van der Waals surface area contributed by atoms with Crippen molar-refractivity contribution in [2.24, 2.45) is 0 Å². The van der Waals surface area contributed by atoms with E-state index in [1.807, 2.05) is 6.07 Å². The summed E-state index contributed by atoms with van der Waals surface area (Å²) < 4.78 is 38.8. The van der Waals surface area contributed by atoms with E-state index < -0.39 is 12.3 Å². The van der Waals surface area contributed by atoms with Gasteiger partial charge in [0.25, 0.3) is 0 Å². The Labute approximate surface area is 133 Å². The maximum atomic E-state index is 12.7. The van der Waals surface area contributed by atoms with Gasteiger partial charge in [0, 0.05) is 16.5 Å². The van der Waals surface area contributed by atoms with Crippen LogP contribution in [0.15, 0.2) is 42.6 Å². The molecule has 0 fully saturated rings. The predicted molar refractivity (Wildman–Crippen MR) is 81.5 cm³/mol. The van der Waals surface area contributed by atoms with Crippen molar-refractivity contribution in [1.29, 1.82) is 0 Å². The number of aromatic nitrogens is 1. The van der Waals surface area contributed by atoms with Gasteiger partial charge < -0.3 is 5.11 Å². The molecule has 0 bridgehead atoms. The average Bonchev–Trinajstić information content (AvgIpc) is 2.96. The Morgan fingerprint density at radius 1 is 1.22 bits per heavy atom. The van der Waals surface area contributed by atoms with Crippen molar-refractivity contribution in [2.75, 3.05) is 0 Å². The van der Waals surface area contributed by atoms with Crippen LogP contribution in [0.3, 0.4) is 0 Å². The molecule has 2 heterocycles. The van der Waals surface area contributed by atoms with Crippen molar-refractivity contribution in [3.63, 3.8) is 0 Å². The van der Waals surface area contributed by atoms with Gasteiger partial charge in [-0.2, -0.15) is 13.2 Å². The molecule has 2 aromatic heterocycles. The van der Waals surface area contributed by atoms with E-state index in [0.29, 0.717) is 16.1 Å². The molecule has 0 saturated carbocycles. The van der Waals surface area contributed by atoms with Gasteiger partial charge in [-0.1, -0.05) is 18.2 Å². The van der Waals surface area contributed by atoms with Crippen molar-refractivity contribution in [3.8, 4) is 11.3 Å². The monoisotopic (exact) mass is 337 g/mol. The van der Waals surface area contributed by atoms with Crippen LogP contribution in [0.1, 0.15) is 21.3 Å². The summed E-state index contributed by atoms with van der Waals surface area (Å²) in [6, 6.07) is 9.34. The Morgan fingerprint density at radius 2 is 2.00 bits per heavy atom. The molecule has 1 atom stereocenters. The van der Waals surface area contributed by atoms with Crippen LogP contribution < -0.4 is 0 Å². The Kier molecular flexibility index (Phi) is 3.91. The van der Waals surface area contributed by atoms with E-state index in [1.165, 1.54) is 23.6 Å². The van der Waals surface area contributed by atoms with Crippen molar-refractivity contribution >= 4 is 27.7 Å². The first kappa shape index (κ1) is 15.6. The van der Waals surface area contributed by atoms with E-state index in [-0.39, 0.29) is 5.56 Å². The fourth-order valence-electron chi connectivity index (χ4n) is 2.30. The van der Waals surface area contributed by atoms with Crippen molar-refractivity contribution in [1.82, 2.24) is 4.98 Å². The number of hydrogen-bond acceptors (Lipinski definition) is 4. The number of aliphatic hydroxyl groups excluding tert-OH is 1. The zero-order valence-corrected chi connectivity index (χ0v) is 12.4. The number of nitrogens with zero attached hydrogens (tertiary/aromatic N) is 1. The standard InChI is InChI=1S/C16H10F3NO2S/c17-16(18,19)15(22)10-4-5-20-13(7-10)12-3-1-2-9-6-11(8-21)23-14(9)12/h1-8,15,22H. The van der Waals surface area contributed by atoms with Gasteiger partial charge in [0.15, 0.2) is 12.4 Å². The molecular weight excluding hydrogens is 327 g/mol. The number of carbonyl (C=O) groups is 1. The molecule has 0 aliphatic rings. The summed E-state index contributed by atoms with van der Waals surface area (Å²) in [5.74, 6) is 0. The zero-order valence-electron chi connectivity index (χ0n) is 11.5. The minimum absolute atomic E-state index is 0.272. The zero-order chi connectivity index (χ0) is 16.6. The maximum absolute atomic E-state index is 12.7. The third-order valence-corrected chi connectivity index (χ3v) is 4.47. The topological polar surface area (TPSA) is 50.2 Å². The first-order chi connectivity index (χ1) is 10.9. The molecule has 3 nitrogen and oxygen atoms in total. The van der Waals surface area contributed by atoms with E-state index in [4.69, 9.17) is 0 Å². The minimum atomic E-state index is -4.74. The number of carbonyl (C=O) groups excluding carboxylic acids is 1. The quantitative estimate of drug-likeness (QED) is 0.722. The van der Waals surface area contributed by atoms with E-state index >= 15 is 0 Å². The van der Waals surface area contributed by atoms with E-state index in [9.17, 15) is 23.1 Å². The summed E-state index contributed by atoms with van der Waals surface area (Å²) in [5.41, 5.74) is 0.666. The fraction of sp³-hybridized carbons (Fsp3) is 0.125. The van der Waals surface area contributed by atoms with Gasteiger partial charge in [-0.25, -0.2) is 0 Å². The smallest absolute Gasteiger partial charge is 0.379 e. The number of benzene rings is 1. The van der Waals surface area contributed by atoms with Crippen LogP contribution in [0.5, 0.6) is 0 Å². The first-order valence-corrected chi connectivity index (χ1v) is 7.40. The Hall–Kier alpha value is -2.25. The van der Waals surface area contributed by atoms with Crippen molar-refractivity contribution in [3.05, 3.63) is 53.0 Å². The molecule has 3 rings (SSSR count). The summed E-state index contributed by atoms with van der Waals surface area (Å²) in [5, 5.41) is 10.2. The third-order valence-electron chi connectivity index (χ3n) is 3.37. The molecule has 0 aliphatic heterocycles. The molecule has 118 valence electrons. The van der Waals surface area contributed by atoms with Gasteiger partial charge in [-0.05, 0) is 29.1 Å². The Balaban J connectivity index is 2.12. The maximum Gasteiger partial charge on any atom is 0.418 e. The van der Waals surface area contributed by atoms with E-state index in [1.54, 1.807) is 18.2 Å². The van der Waals surface area contributed by atoms with Crippen LogP contribution in [-0.4, -0.2) is 22.6 Å². The third kappa shape index (κ3) is 2.97. The number of rotatable bonds is 3. The number of pyridine rings is 1. The van der Waals surface area contributed by atoms with Gasteiger partial charge >= 0.3 is 6.18 Å². The number of thiophene rings is 1. The van der Waals surface area contributed by atoms with Gasteiger partial charge in [0.2, 0.25) is 0 Å². The SMILES string of the molecule is O=Cc1cc2cccc(-c3cc(C(O)C(F)(F)F)ccn3)c2s1. The summed E-state index contributed by atoms with van der Waals surface area (Å²) >= 11 is 1.25. The van der Waals surface area contributed by atoms with Gasteiger partial charge in [-0.3, -0.25) is 9.78 Å². The first-order valence-electron chi connectivity index (χ1n) is 6.59. The number of aldehydes is 1. The number of alkyl halides is 3. The van der Waals surface area contributed by atoms with E-state index in [0.717, 1.165) is 22.4 Å². The summed E-state index contributed by atoms with van der Waals surface area (Å²) in [6.07, 6.45) is -5.34. The van der Waals surface area contributed by atoms with Crippen LogP contribution in [0.25, 0.3) is 21.3 Å². The predicted octanol–water partition coefficient (Wildman–Crippen LogP) is 4.37. The average molecular weight is 337 g/mol. The molecule has 1 unspecified atom stereocenters. The fourth-order valence-corrected chi connectivity index (χ4v) is 3.29. The van der Waals surface area contributed by atoms with Gasteiger partial charge in [0.1, 0.15) is 0 Å². The Morgan fingerprint density at radius 3 is 2.70 bits per heavy atom. The molecule has 0 radical (unpaired) electrons. The van der Waals surface area contributed by atoms with Crippen LogP contribution >= 0.6 is 11.3 Å². The van der Waals surface area contributed by atoms with Crippen LogP contribution in [0.4, 0.5) is 13.2 Å². The highest BCUT2D eigenvalue weighted by Crippen LogP contribution is 2.36. The van der Waals surface area contributed by atoms with Crippen LogP contribution in [0, 0.1) is 0 Å². The second kappa shape index (κ2) is 5.75. The molecule has 1 aromatic carbocycles. The molecular formula is C16H10F3NO2S. The number of aliphatic hydroxyl groups is 1. The number of halogens is 3. The highest BCUT2D eigenvalue weighted by molar-refractivity contribution is 7.21. The lowest BCUT2D eigenvalue weighted by atomic mass is 10.0. The van der Waals surface area contributed by atoms with Gasteiger partial charge in [-0.15, -0.1) is 11.3 Å². The second-order valence-corrected chi connectivity index (χ2v) is 5.99. The molecule has 3 aromatic rings. The molecule has 0 amide bonds. The van der Waals surface area contributed by atoms with Crippen LogP contribution in [-0.2, 0) is 0 Å². The lowest BCUT2D eigenvalue weighted by Gasteiger charge is -2.15. The normalized spacial score (nSPS) is 13.2. The number of fused-ring (bicyclic) bond motifs is 1. The second-order valence-electron chi connectivity index (χ2n) is 4.91. The lowest BCUT2D eigenvalue weighted by molar-refractivity contribution is -0.206. The van der Waals surface area contributed by atoms with Crippen LogP contribution in [0.2, 0.25) is 0 Å². The molecule has 7 heteroatoms. The lowest BCUT2D eigenvalue weighted by Crippen LogP contribution is -2.20. The number of hydrogen-bond donors (Lipinski definition) is 1. The highest BCUT2D eigenvalue weighted by atomic mass is 32.1. The molecule has 23 heavy (non-hydrogen) atoms. The summed E-state index contributed by atoms with van der Waals surface area (Å²) in [6.45, 7) is 0. The largest absolute Gasteiger partial charge is 0.418 e. The van der Waals surface area contributed by atoms with E-state index in [2.05, 4.69) is 4.98 Å². The van der Waals surface area contributed by atoms with Crippen molar-refractivity contribution < 1.29 is 23.1 Å². The molecule has 1 N–H and O–H groups in total. The van der Waals surface area contributed by atoms with Crippen molar-refractivity contribution in [2.45, 2.75) is 12.3 Å². The molecule has 0 aliphatic carbocycles. The minimum Gasteiger partial charge on any atom is -0.379 e. The molecule has 0 saturated heterocycles.